The number of rotatable bonds is 8. The van der Waals surface area contributed by atoms with Crippen molar-refractivity contribution in [2.75, 3.05) is 31.3 Å². The van der Waals surface area contributed by atoms with Crippen molar-refractivity contribution in [2.45, 2.75) is 4.90 Å². The Hall–Kier alpha value is -2.82. The second-order valence-corrected chi connectivity index (χ2v) is 6.29. The molecule has 7 heteroatoms. The molecule has 0 aliphatic carbocycles. The highest BCUT2D eigenvalue weighted by molar-refractivity contribution is 8.00. The molecule has 2 N–H and O–H groups in total. The maximum absolute atomic E-state index is 12.2. The molecule has 0 unspecified atom stereocenters. The van der Waals surface area contributed by atoms with Gasteiger partial charge in [0.2, 0.25) is 5.91 Å². The van der Waals surface area contributed by atoms with Crippen molar-refractivity contribution in [3.63, 3.8) is 0 Å². The van der Waals surface area contributed by atoms with Crippen LogP contribution in [0.25, 0.3) is 0 Å². The maximum Gasteiger partial charge on any atom is 0.252 e. The van der Waals surface area contributed by atoms with Crippen molar-refractivity contribution >= 4 is 29.3 Å². The average molecular weight is 369 g/mol. The van der Waals surface area contributed by atoms with Gasteiger partial charge in [0.15, 0.2) is 0 Å². The standard InChI is InChI=1S/C19H19N3O3S/c1-25-10-9-21-19(24)16-7-2-3-8-17(16)26-13-18(23)22-15-6-4-5-14(11-15)12-20/h2-8,11H,9-10,13H2,1H3,(H,21,24)(H,22,23). The van der Waals surface area contributed by atoms with Crippen LogP contribution < -0.4 is 10.6 Å². The Kier molecular flexibility index (Phi) is 7.68. The molecule has 0 aliphatic heterocycles. The van der Waals surface area contributed by atoms with E-state index in [2.05, 4.69) is 10.6 Å². The lowest BCUT2D eigenvalue weighted by Crippen LogP contribution is -2.27. The SMILES string of the molecule is COCCNC(=O)c1ccccc1SCC(=O)Nc1cccc(C#N)c1. The van der Waals surface area contributed by atoms with Crippen molar-refractivity contribution in [3.8, 4) is 6.07 Å². The van der Waals surface area contributed by atoms with E-state index in [0.717, 1.165) is 4.90 Å². The first-order valence-corrected chi connectivity index (χ1v) is 8.91. The molecule has 0 heterocycles. The average Bonchev–Trinajstić information content (AvgIpc) is 2.67. The first-order chi connectivity index (χ1) is 12.6. The quantitative estimate of drug-likeness (QED) is 0.551. The van der Waals surface area contributed by atoms with Gasteiger partial charge in [-0.1, -0.05) is 18.2 Å². The van der Waals surface area contributed by atoms with E-state index < -0.39 is 0 Å². The summed E-state index contributed by atoms with van der Waals surface area (Å²) in [6.45, 7) is 0.856. The Labute approximate surface area is 156 Å². The van der Waals surface area contributed by atoms with Crippen LogP contribution in [-0.4, -0.2) is 37.8 Å². The van der Waals surface area contributed by atoms with Gasteiger partial charge < -0.3 is 15.4 Å². The number of benzene rings is 2. The minimum absolute atomic E-state index is 0.152. The third-order valence-corrected chi connectivity index (χ3v) is 4.43. The lowest BCUT2D eigenvalue weighted by atomic mass is 10.2. The number of carbonyl (C=O) groups excluding carboxylic acids is 2. The van der Waals surface area contributed by atoms with Crippen LogP contribution in [0.15, 0.2) is 53.4 Å². The maximum atomic E-state index is 12.2. The molecular formula is C19H19N3O3S. The van der Waals surface area contributed by atoms with E-state index in [4.69, 9.17) is 10.00 Å². The zero-order chi connectivity index (χ0) is 18.8. The van der Waals surface area contributed by atoms with Crippen molar-refractivity contribution in [1.82, 2.24) is 5.32 Å². The van der Waals surface area contributed by atoms with Gasteiger partial charge in [0.1, 0.15) is 0 Å². The minimum atomic E-state index is -0.209. The largest absolute Gasteiger partial charge is 0.383 e. The van der Waals surface area contributed by atoms with Crippen molar-refractivity contribution < 1.29 is 14.3 Å². The van der Waals surface area contributed by atoms with Crippen LogP contribution in [0.2, 0.25) is 0 Å². The normalized spacial score (nSPS) is 10.0. The van der Waals surface area contributed by atoms with Crippen LogP contribution >= 0.6 is 11.8 Å². The summed E-state index contributed by atoms with van der Waals surface area (Å²) in [6, 6.07) is 15.9. The van der Waals surface area contributed by atoms with Gasteiger partial charge in [0.25, 0.3) is 5.91 Å². The number of ether oxygens (including phenoxy) is 1. The lowest BCUT2D eigenvalue weighted by Gasteiger charge is -2.10. The van der Waals surface area contributed by atoms with Gasteiger partial charge >= 0.3 is 0 Å². The molecule has 2 rings (SSSR count). The van der Waals surface area contributed by atoms with E-state index in [1.807, 2.05) is 12.1 Å². The Morgan fingerprint density at radius 3 is 2.77 bits per heavy atom. The molecule has 2 amide bonds. The molecule has 134 valence electrons. The third-order valence-electron chi connectivity index (χ3n) is 3.36. The number of thioether (sulfide) groups is 1. The molecule has 2 aromatic carbocycles. The number of nitrogens with zero attached hydrogens (tertiary/aromatic N) is 1. The van der Waals surface area contributed by atoms with Gasteiger partial charge in [0, 0.05) is 24.2 Å². The highest BCUT2D eigenvalue weighted by Gasteiger charge is 2.12. The van der Waals surface area contributed by atoms with Gasteiger partial charge in [-0.25, -0.2) is 0 Å². The van der Waals surface area contributed by atoms with Gasteiger partial charge in [-0.2, -0.15) is 5.26 Å². The molecule has 0 fully saturated rings. The van der Waals surface area contributed by atoms with Crippen molar-refractivity contribution in [1.29, 1.82) is 5.26 Å². The summed E-state index contributed by atoms with van der Waals surface area (Å²) in [5, 5.41) is 14.4. The van der Waals surface area contributed by atoms with E-state index in [-0.39, 0.29) is 17.6 Å². The van der Waals surface area contributed by atoms with Gasteiger partial charge in [-0.3, -0.25) is 9.59 Å². The topological polar surface area (TPSA) is 91.2 Å². The molecule has 0 radical (unpaired) electrons. The number of methoxy groups -OCH3 is 1. The zero-order valence-electron chi connectivity index (χ0n) is 14.3. The molecule has 26 heavy (non-hydrogen) atoms. The summed E-state index contributed by atoms with van der Waals surface area (Å²) < 4.78 is 4.92. The summed E-state index contributed by atoms with van der Waals surface area (Å²) in [7, 11) is 1.57. The van der Waals surface area contributed by atoms with Crippen molar-refractivity contribution in [2.24, 2.45) is 0 Å². The van der Waals surface area contributed by atoms with E-state index in [1.165, 1.54) is 11.8 Å². The van der Waals surface area contributed by atoms with Crippen molar-refractivity contribution in [3.05, 3.63) is 59.7 Å². The summed E-state index contributed by atoms with van der Waals surface area (Å²) in [4.78, 5) is 25.1. The number of nitrogens with one attached hydrogen (secondary N) is 2. The highest BCUT2D eigenvalue weighted by atomic mass is 32.2. The van der Waals surface area contributed by atoms with Gasteiger partial charge in [-0.05, 0) is 30.3 Å². The number of carbonyl (C=O) groups is 2. The number of hydrogen-bond acceptors (Lipinski definition) is 5. The summed E-state index contributed by atoms with van der Waals surface area (Å²) >= 11 is 1.28. The predicted molar refractivity (Wildman–Crippen MR) is 101 cm³/mol. The fourth-order valence-corrected chi connectivity index (χ4v) is 3.00. The Bertz CT molecular complexity index is 818. The first kappa shape index (κ1) is 19.5. The number of amides is 2. The number of nitriles is 1. The fraction of sp³-hybridized carbons (Fsp3) is 0.211. The molecule has 0 atom stereocenters. The first-order valence-electron chi connectivity index (χ1n) is 7.93. The minimum Gasteiger partial charge on any atom is -0.383 e. The Balaban J connectivity index is 1.95. The summed E-state index contributed by atoms with van der Waals surface area (Å²) in [6.07, 6.45) is 0. The summed E-state index contributed by atoms with van der Waals surface area (Å²) in [5.41, 5.74) is 1.57. The zero-order valence-corrected chi connectivity index (χ0v) is 15.1. The van der Waals surface area contributed by atoms with Crippen LogP contribution in [0, 0.1) is 11.3 Å². The smallest absolute Gasteiger partial charge is 0.252 e. The molecule has 6 nitrogen and oxygen atoms in total. The molecular weight excluding hydrogens is 350 g/mol. The molecule has 0 aromatic heterocycles. The van der Waals surface area contributed by atoms with Gasteiger partial charge in [0.05, 0.1) is 29.6 Å². The van der Waals surface area contributed by atoms with Crippen LogP contribution in [0.1, 0.15) is 15.9 Å². The van der Waals surface area contributed by atoms with Crippen LogP contribution in [-0.2, 0) is 9.53 Å². The molecule has 0 aliphatic rings. The van der Waals surface area contributed by atoms with Gasteiger partial charge in [-0.15, -0.1) is 11.8 Å². The van der Waals surface area contributed by atoms with E-state index in [0.29, 0.717) is 30.0 Å². The lowest BCUT2D eigenvalue weighted by molar-refractivity contribution is -0.113. The second-order valence-electron chi connectivity index (χ2n) is 5.27. The number of anilines is 1. The molecule has 0 saturated heterocycles. The predicted octanol–water partition coefficient (Wildman–Crippen LogP) is 2.67. The second kappa shape index (κ2) is 10.2. The van der Waals surface area contributed by atoms with E-state index >= 15 is 0 Å². The monoisotopic (exact) mass is 369 g/mol. The van der Waals surface area contributed by atoms with E-state index in [9.17, 15) is 9.59 Å². The molecule has 0 spiro atoms. The van der Waals surface area contributed by atoms with Crippen LogP contribution in [0.3, 0.4) is 0 Å². The third kappa shape index (κ3) is 5.92. The highest BCUT2D eigenvalue weighted by Crippen LogP contribution is 2.23. The Morgan fingerprint density at radius 2 is 2.00 bits per heavy atom. The fourth-order valence-electron chi connectivity index (χ4n) is 2.15. The number of hydrogen-bond donors (Lipinski definition) is 2. The molecule has 0 bridgehead atoms. The molecule has 2 aromatic rings. The van der Waals surface area contributed by atoms with Crippen LogP contribution in [0.5, 0.6) is 0 Å². The van der Waals surface area contributed by atoms with Crippen LogP contribution in [0.4, 0.5) is 5.69 Å². The van der Waals surface area contributed by atoms with E-state index in [1.54, 1.807) is 49.6 Å². The summed E-state index contributed by atoms with van der Waals surface area (Å²) in [5.74, 6) is -0.258. The molecule has 0 saturated carbocycles. The Morgan fingerprint density at radius 1 is 1.19 bits per heavy atom.